The summed E-state index contributed by atoms with van der Waals surface area (Å²) in [5.74, 6) is -0.211. The summed E-state index contributed by atoms with van der Waals surface area (Å²) in [6.07, 6.45) is 0. The normalized spacial score (nSPS) is 11.5. The summed E-state index contributed by atoms with van der Waals surface area (Å²) in [5.41, 5.74) is 1.23. The number of aromatic amines is 1. The van der Waals surface area contributed by atoms with Crippen molar-refractivity contribution in [2.45, 2.75) is 0 Å². The number of urea groups is 1. The summed E-state index contributed by atoms with van der Waals surface area (Å²) >= 11 is 4.41. The van der Waals surface area contributed by atoms with Crippen molar-refractivity contribution in [2.24, 2.45) is 10.2 Å². The second kappa shape index (κ2) is 6.98. The predicted molar refractivity (Wildman–Crippen MR) is 107 cm³/mol. The molecule has 0 aliphatic carbocycles. The maximum Gasteiger partial charge on any atom is 0.365 e. The lowest BCUT2D eigenvalue weighted by atomic mass is 10.2. The maximum atomic E-state index is 12.1. The number of rotatable bonds is 3. The number of nitrogens with one attached hydrogen (secondary N) is 2. The first kappa shape index (κ1) is 18.0. The Morgan fingerprint density at radius 3 is 2.93 bits per heavy atom. The molecule has 0 saturated heterocycles. The van der Waals surface area contributed by atoms with Crippen molar-refractivity contribution >= 4 is 70.9 Å². The fourth-order valence-corrected chi connectivity index (χ4v) is 3.78. The first-order valence-electron chi connectivity index (χ1n) is 7.68. The minimum absolute atomic E-state index is 0.0605. The summed E-state index contributed by atoms with van der Waals surface area (Å²) in [4.78, 5) is 29.3. The number of nitro groups is 1. The number of nitrogens with zero attached hydrogens (tertiary/aromatic N) is 4. The van der Waals surface area contributed by atoms with E-state index >= 15 is 0 Å². The molecule has 4 rings (SSSR count). The number of carbonyl (C=O) groups is 1. The van der Waals surface area contributed by atoms with Gasteiger partial charge in [-0.1, -0.05) is 32.4 Å². The van der Waals surface area contributed by atoms with Gasteiger partial charge in [-0.15, -0.1) is 5.11 Å². The van der Waals surface area contributed by atoms with Crippen molar-refractivity contribution in [3.05, 3.63) is 51.0 Å². The van der Waals surface area contributed by atoms with Gasteiger partial charge < -0.3 is 10.1 Å². The van der Waals surface area contributed by atoms with Crippen LogP contribution < -0.4 is 5.32 Å². The molecule has 2 heterocycles. The highest BCUT2D eigenvalue weighted by Crippen LogP contribution is 2.37. The molecule has 0 aliphatic heterocycles. The number of fused-ring (bicyclic) bond motifs is 2. The quantitative estimate of drug-likeness (QED) is 0.210. The average molecular weight is 461 g/mol. The Morgan fingerprint density at radius 2 is 2.14 bits per heavy atom. The number of non-ortho nitro benzene ring substituents is 1. The highest BCUT2D eigenvalue weighted by molar-refractivity contribution is 9.10. The average Bonchev–Trinajstić information content (AvgIpc) is 3.18. The van der Waals surface area contributed by atoms with Gasteiger partial charge in [-0.25, -0.2) is 9.78 Å². The lowest BCUT2D eigenvalue weighted by Crippen LogP contribution is -2.04. The number of thiazole rings is 1. The largest absolute Gasteiger partial charge is 0.493 e. The second-order valence-corrected chi connectivity index (χ2v) is 7.52. The molecule has 0 saturated carbocycles. The third-order valence-corrected chi connectivity index (χ3v) is 5.18. The Hall–Kier alpha value is -3.38. The molecule has 2 aromatic carbocycles. The monoisotopic (exact) mass is 460 g/mol. The van der Waals surface area contributed by atoms with E-state index in [9.17, 15) is 20.0 Å². The van der Waals surface area contributed by atoms with E-state index in [0.29, 0.717) is 21.1 Å². The van der Waals surface area contributed by atoms with Crippen LogP contribution in [0.15, 0.2) is 51.1 Å². The minimum atomic E-state index is -0.794. The molecule has 3 N–H and O–H groups in total. The van der Waals surface area contributed by atoms with E-state index in [4.69, 9.17) is 0 Å². The van der Waals surface area contributed by atoms with Crippen molar-refractivity contribution in [2.75, 3.05) is 5.32 Å². The number of azo groups is 1. The molecule has 0 bridgehead atoms. The number of carbonyl (C=O) groups excluding carboxylic acids is 1. The SMILES string of the molecule is O=C(N=Nc1c(O)[nH]c2ccc(Br)cc12)Nc1nc2ccc([N+](=O)[O-])cc2s1. The Kier molecular flexibility index (Phi) is 4.49. The Labute approximate surface area is 168 Å². The molecule has 0 atom stereocenters. The van der Waals surface area contributed by atoms with Crippen LogP contribution in [-0.2, 0) is 0 Å². The van der Waals surface area contributed by atoms with Crippen LogP contribution in [0.2, 0.25) is 0 Å². The van der Waals surface area contributed by atoms with Gasteiger partial charge in [0.25, 0.3) is 5.69 Å². The van der Waals surface area contributed by atoms with E-state index in [0.717, 1.165) is 15.8 Å². The zero-order valence-corrected chi connectivity index (χ0v) is 16.1. The molecule has 4 aromatic rings. The Balaban J connectivity index is 1.56. The molecular formula is C16H9BrN6O4S. The fourth-order valence-electron chi connectivity index (χ4n) is 2.53. The molecule has 2 amide bonds. The summed E-state index contributed by atoms with van der Waals surface area (Å²) in [6, 6.07) is 8.71. The van der Waals surface area contributed by atoms with Crippen molar-refractivity contribution in [3.8, 4) is 5.88 Å². The molecule has 10 nitrogen and oxygen atoms in total. The van der Waals surface area contributed by atoms with Gasteiger partial charge in [0.2, 0.25) is 5.88 Å². The molecule has 28 heavy (non-hydrogen) atoms. The smallest absolute Gasteiger partial charge is 0.365 e. The van der Waals surface area contributed by atoms with Crippen LogP contribution in [0, 0.1) is 10.1 Å². The third kappa shape index (κ3) is 3.42. The number of aromatic hydroxyl groups is 1. The second-order valence-electron chi connectivity index (χ2n) is 5.57. The molecule has 140 valence electrons. The molecule has 0 unspecified atom stereocenters. The van der Waals surface area contributed by atoms with Gasteiger partial charge in [-0.2, -0.15) is 0 Å². The number of amides is 2. The van der Waals surface area contributed by atoms with Crippen molar-refractivity contribution in [1.82, 2.24) is 9.97 Å². The molecule has 0 spiro atoms. The minimum Gasteiger partial charge on any atom is -0.493 e. The van der Waals surface area contributed by atoms with E-state index in [1.807, 2.05) is 0 Å². The molecular weight excluding hydrogens is 452 g/mol. The van der Waals surface area contributed by atoms with Crippen LogP contribution >= 0.6 is 27.3 Å². The Bertz CT molecular complexity index is 1280. The standard InChI is InChI=1S/C16H9BrN6O4S/c17-7-1-3-10-9(5-7)13(14(24)18-10)21-22-15(25)20-16-19-11-4-2-8(23(26)27)6-12(11)28-16/h1-6,18,24H,(H,19,20,25). The number of anilines is 1. The van der Waals surface area contributed by atoms with Gasteiger partial charge in [-0.3, -0.25) is 15.4 Å². The van der Waals surface area contributed by atoms with E-state index in [-0.39, 0.29) is 22.4 Å². The van der Waals surface area contributed by atoms with Crippen LogP contribution in [0.5, 0.6) is 5.88 Å². The van der Waals surface area contributed by atoms with E-state index < -0.39 is 11.0 Å². The molecule has 12 heteroatoms. The Morgan fingerprint density at radius 1 is 1.32 bits per heavy atom. The number of nitro benzene ring substituents is 1. The molecule has 0 radical (unpaired) electrons. The number of hydrogen-bond donors (Lipinski definition) is 3. The van der Waals surface area contributed by atoms with Gasteiger partial charge >= 0.3 is 6.03 Å². The predicted octanol–water partition coefficient (Wildman–Crippen LogP) is 5.47. The zero-order valence-electron chi connectivity index (χ0n) is 13.7. The lowest BCUT2D eigenvalue weighted by molar-refractivity contribution is -0.384. The maximum absolute atomic E-state index is 12.1. The van der Waals surface area contributed by atoms with Crippen LogP contribution in [0.3, 0.4) is 0 Å². The zero-order chi connectivity index (χ0) is 19.8. The first-order chi connectivity index (χ1) is 13.4. The van der Waals surface area contributed by atoms with Crippen molar-refractivity contribution in [3.63, 3.8) is 0 Å². The number of hydrogen-bond acceptors (Lipinski definition) is 7. The van der Waals surface area contributed by atoms with Gasteiger partial charge in [0.15, 0.2) is 10.8 Å². The third-order valence-electron chi connectivity index (χ3n) is 3.75. The molecule has 0 fully saturated rings. The molecule has 0 aliphatic rings. The number of aromatic nitrogens is 2. The van der Waals surface area contributed by atoms with Gasteiger partial charge in [0, 0.05) is 22.0 Å². The van der Waals surface area contributed by atoms with Crippen molar-refractivity contribution < 1.29 is 14.8 Å². The summed E-state index contributed by atoms with van der Waals surface area (Å²) in [5, 5.41) is 31.5. The number of benzene rings is 2. The molecule has 2 aromatic heterocycles. The highest BCUT2D eigenvalue weighted by atomic mass is 79.9. The van der Waals surface area contributed by atoms with Crippen LogP contribution in [0.25, 0.3) is 21.1 Å². The van der Waals surface area contributed by atoms with Gasteiger partial charge in [-0.05, 0) is 24.3 Å². The van der Waals surface area contributed by atoms with Crippen LogP contribution in [0.1, 0.15) is 0 Å². The van der Waals surface area contributed by atoms with Gasteiger partial charge in [0.1, 0.15) is 0 Å². The summed E-state index contributed by atoms with van der Waals surface area (Å²) in [7, 11) is 0. The van der Waals surface area contributed by atoms with Crippen LogP contribution in [-0.4, -0.2) is 26.0 Å². The van der Waals surface area contributed by atoms with E-state index in [1.165, 1.54) is 18.2 Å². The number of halogens is 1. The van der Waals surface area contributed by atoms with E-state index in [2.05, 4.69) is 41.4 Å². The first-order valence-corrected chi connectivity index (χ1v) is 9.29. The number of H-pyrrole nitrogens is 1. The van der Waals surface area contributed by atoms with Crippen molar-refractivity contribution in [1.29, 1.82) is 0 Å². The van der Waals surface area contributed by atoms with Gasteiger partial charge in [0.05, 0.1) is 20.7 Å². The highest BCUT2D eigenvalue weighted by Gasteiger charge is 2.13. The lowest BCUT2D eigenvalue weighted by Gasteiger charge is -1.95. The summed E-state index contributed by atoms with van der Waals surface area (Å²) in [6.45, 7) is 0. The van der Waals surface area contributed by atoms with E-state index in [1.54, 1.807) is 18.2 Å². The fraction of sp³-hybridized carbons (Fsp3) is 0. The topological polar surface area (TPSA) is 146 Å². The summed E-state index contributed by atoms with van der Waals surface area (Å²) < 4.78 is 1.34. The van der Waals surface area contributed by atoms with Crippen LogP contribution in [0.4, 0.5) is 21.3 Å².